The lowest BCUT2D eigenvalue weighted by Crippen LogP contribution is -1.84. The highest BCUT2D eigenvalue weighted by Gasteiger charge is 2.12. The molecule has 3 aromatic carbocycles. The fourth-order valence-corrected chi connectivity index (χ4v) is 2.55. The number of benzene rings is 3. The van der Waals surface area contributed by atoms with E-state index in [9.17, 15) is 10.2 Å². The highest BCUT2D eigenvalue weighted by Crippen LogP contribution is 2.40. The van der Waals surface area contributed by atoms with E-state index >= 15 is 0 Å². The van der Waals surface area contributed by atoms with Crippen molar-refractivity contribution in [2.24, 2.45) is 0 Å². The van der Waals surface area contributed by atoms with Gasteiger partial charge in [0.05, 0.1) is 0 Å². The summed E-state index contributed by atoms with van der Waals surface area (Å²) < 4.78 is 0. The van der Waals surface area contributed by atoms with E-state index in [0.29, 0.717) is 21.2 Å². The first kappa shape index (κ1) is 14.8. The summed E-state index contributed by atoms with van der Waals surface area (Å²) in [5, 5.41) is 21.8. The zero-order valence-corrected chi connectivity index (χ0v) is 12.9. The second-order valence-corrected chi connectivity index (χ2v) is 5.77. The molecule has 0 bridgehead atoms. The molecule has 110 valence electrons. The standard InChI is InChI=1S/C18H12Cl2O2/c19-13-5-1-11(2-6-13)15-9-18(22)16(10-17(15)21)12-3-7-14(20)8-4-12/h1-10,21-22H. The fourth-order valence-electron chi connectivity index (χ4n) is 2.30. The number of hydrogen-bond donors (Lipinski definition) is 2. The first-order valence-electron chi connectivity index (χ1n) is 6.62. The molecule has 0 saturated carbocycles. The normalized spacial score (nSPS) is 10.6. The number of phenolic OH excluding ortho intramolecular Hbond substituents is 2. The molecule has 0 aromatic heterocycles. The van der Waals surface area contributed by atoms with Gasteiger partial charge >= 0.3 is 0 Å². The van der Waals surface area contributed by atoms with Crippen LogP contribution in [0.15, 0.2) is 60.7 Å². The van der Waals surface area contributed by atoms with Gasteiger partial charge in [-0.2, -0.15) is 0 Å². The molecule has 22 heavy (non-hydrogen) atoms. The van der Waals surface area contributed by atoms with E-state index in [-0.39, 0.29) is 11.5 Å². The smallest absolute Gasteiger partial charge is 0.124 e. The van der Waals surface area contributed by atoms with Crippen LogP contribution >= 0.6 is 23.2 Å². The summed E-state index contributed by atoms with van der Waals surface area (Å²) in [6.45, 7) is 0. The summed E-state index contributed by atoms with van der Waals surface area (Å²) in [5.74, 6) is 0.176. The van der Waals surface area contributed by atoms with E-state index < -0.39 is 0 Å². The molecule has 0 spiro atoms. The van der Waals surface area contributed by atoms with Crippen LogP contribution in [0.25, 0.3) is 22.3 Å². The minimum Gasteiger partial charge on any atom is -0.507 e. The van der Waals surface area contributed by atoms with Crippen LogP contribution < -0.4 is 0 Å². The van der Waals surface area contributed by atoms with Gasteiger partial charge in [-0.1, -0.05) is 47.5 Å². The average molecular weight is 331 g/mol. The van der Waals surface area contributed by atoms with E-state index in [1.54, 1.807) is 60.7 Å². The van der Waals surface area contributed by atoms with Gasteiger partial charge in [-0.15, -0.1) is 0 Å². The molecule has 0 heterocycles. The SMILES string of the molecule is Oc1cc(-c2ccc(Cl)cc2)c(O)cc1-c1ccc(Cl)cc1. The van der Waals surface area contributed by atoms with Crippen molar-refractivity contribution in [3.63, 3.8) is 0 Å². The van der Waals surface area contributed by atoms with Crippen LogP contribution in [-0.4, -0.2) is 10.2 Å². The van der Waals surface area contributed by atoms with E-state index in [1.807, 2.05) is 0 Å². The van der Waals surface area contributed by atoms with Gasteiger partial charge in [-0.05, 0) is 47.5 Å². The Morgan fingerprint density at radius 1 is 0.545 bits per heavy atom. The van der Waals surface area contributed by atoms with Crippen molar-refractivity contribution in [2.75, 3.05) is 0 Å². The van der Waals surface area contributed by atoms with Gasteiger partial charge in [0.1, 0.15) is 11.5 Å². The summed E-state index contributed by atoms with van der Waals surface area (Å²) in [5.41, 5.74) is 2.65. The van der Waals surface area contributed by atoms with Crippen LogP contribution in [0.4, 0.5) is 0 Å². The van der Waals surface area contributed by atoms with Gasteiger partial charge < -0.3 is 10.2 Å². The maximum atomic E-state index is 10.3. The lowest BCUT2D eigenvalue weighted by atomic mass is 9.98. The molecule has 3 rings (SSSR count). The highest BCUT2D eigenvalue weighted by molar-refractivity contribution is 6.30. The number of hydrogen-bond acceptors (Lipinski definition) is 2. The van der Waals surface area contributed by atoms with E-state index in [2.05, 4.69) is 0 Å². The molecule has 0 saturated heterocycles. The predicted molar refractivity (Wildman–Crippen MR) is 90.7 cm³/mol. The number of aromatic hydroxyl groups is 2. The Morgan fingerprint density at radius 2 is 0.864 bits per heavy atom. The van der Waals surface area contributed by atoms with Gasteiger partial charge in [-0.3, -0.25) is 0 Å². The Labute approximate surface area is 138 Å². The van der Waals surface area contributed by atoms with Crippen molar-refractivity contribution >= 4 is 23.2 Å². The summed E-state index contributed by atoms with van der Waals surface area (Å²) in [6, 6.07) is 17.2. The summed E-state index contributed by atoms with van der Waals surface area (Å²) in [6.07, 6.45) is 0. The second-order valence-electron chi connectivity index (χ2n) is 4.90. The van der Waals surface area contributed by atoms with Crippen LogP contribution in [0.1, 0.15) is 0 Å². The minimum atomic E-state index is 0.0880. The van der Waals surface area contributed by atoms with Crippen molar-refractivity contribution in [2.45, 2.75) is 0 Å². The molecular weight excluding hydrogens is 319 g/mol. The quantitative estimate of drug-likeness (QED) is 0.588. The zero-order valence-electron chi connectivity index (χ0n) is 11.4. The molecule has 0 radical (unpaired) electrons. The predicted octanol–water partition coefficient (Wildman–Crippen LogP) is 5.74. The Kier molecular flexibility index (Phi) is 3.97. The van der Waals surface area contributed by atoms with Crippen molar-refractivity contribution in [3.8, 4) is 33.8 Å². The monoisotopic (exact) mass is 330 g/mol. The third-order valence-electron chi connectivity index (χ3n) is 3.42. The molecule has 0 amide bonds. The third-order valence-corrected chi connectivity index (χ3v) is 3.93. The van der Waals surface area contributed by atoms with Crippen molar-refractivity contribution in [1.29, 1.82) is 0 Å². The molecule has 0 unspecified atom stereocenters. The van der Waals surface area contributed by atoms with E-state index in [1.165, 1.54) is 0 Å². The maximum absolute atomic E-state index is 10.3. The number of phenols is 2. The molecule has 0 fully saturated rings. The molecule has 0 aliphatic rings. The fraction of sp³-hybridized carbons (Fsp3) is 0. The highest BCUT2D eigenvalue weighted by atomic mass is 35.5. The molecule has 3 aromatic rings. The lowest BCUT2D eigenvalue weighted by molar-refractivity contribution is 0.463. The van der Waals surface area contributed by atoms with E-state index in [4.69, 9.17) is 23.2 Å². The van der Waals surface area contributed by atoms with Crippen LogP contribution in [0.5, 0.6) is 11.5 Å². The molecule has 2 N–H and O–H groups in total. The van der Waals surface area contributed by atoms with Crippen LogP contribution in [-0.2, 0) is 0 Å². The van der Waals surface area contributed by atoms with Gasteiger partial charge in [-0.25, -0.2) is 0 Å². The Balaban J connectivity index is 2.08. The maximum Gasteiger partial charge on any atom is 0.124 e. The molecule has 0 aliphatic carbocycles. The van der Waals surface area contributed by atoms with Crippen LogP contribution in [0, 0.1) is 0 Å². The van der Waals surface area contributed by atoms with Gasteiger partial charge in [0.25, 0.3) is 0 Å². The minimum absolute atomic E-state index is 0.0880. The zero-order chi connectivity index (χ0) is 15.7. The van der Waals surface area contributed by atoms with Crippen molar-refractivity contribution in [1.82, 2.24) is 0 Å². The molecule has 4 heteroatoms. The van der Waals surface area contributed by atoms with Gasteiger partial charge in [0.2, 0.25) is 0 Å². The van der Waals surface area contributed by atoms with Gasteiger partial charge in [0, 0.05) is 21.2 Å². The second kappa shape index (κ2) is 5.91. The summed E-state index contributed by atoms with van der Waals surface area (Å²) in [7, 11) is 0. The van der Waals surface area contributed by atoms with Crippen LogP contribution in [0.2, 0.25) is 10.0 Å². The third kappa shape index (κ3) is 2.89. The summed E-state index contributed by atoms with van der Waals surface area (Å²) >= 11 is 11.7. The first-order chi connectivity index (χ1) is 10.5. The number of rotatable bonds is 2. The van der Waals surface area contributed by atoms with E-state index in [0.717, 1.165) is 11.1 Å². The molecule has 0 atom stereocenters. The average Bonchev–Trinajstić information content (AvgIpc) is 2.51. The lowest BCUT2D eigenvalue weighted by Gasteiger charge is -2.11. The molecule has 0 aliphatic heterocycles. The molecular formula is C18H12Cl2O2. The first-order valence-corrected chi connectivity index (χ1v) is 7.38. The topological polar surface area (TPSA) is 40.5 Å². The Hall–Kier alpha value is -2.16. The van der Waals surface area contributed by atoms with Crippen molar-refractivity contribution < 1.29 is 10.2 Å². The Morgan fingerprint density at radius 3 is 1.18 bits per heavy atom. The van der Waals surface area contributed by atoms with Gasteiger partial charge in [0.15, 0.2) is 0 Å². The van der Waals surface area contributed by atoms with Crippen molar-refractivity contribution in [3.05, 3.63) is 70.7 Å². The number of halogens is 2. The Bertz CT molecular complexity index is 738. The summed E-state index contributed by atoms with van der Waals surface area (Å²) in [4.78, 5) is 0. The molecule has 2 nitrogen and oxygen atoms in total. The largest absolute Gasteiger partial charge is 0.507 e. The van der Waals surface area contributed by atoms with Crippen LogP contribution in [0.3, 0.4) is 0 Å².